The van der Waals surface area contributed by atoms with Crippen molar-refractivity contribution < 1.29 is 19.4 Å². The van der Waals surface area contributed by atoms with Crippen LogP contribution < -0.4 is 14.8 Å². The first-order valence-electron chi connectivity index (χ1n) is 7.00. The molecule has 2 rings (SSSR count). The molecule has 0 saturated carbocycles. The topological polar surface area (TPSA) is 67.8 Å². The van der Waals surface area contributed by atoms with Gasteiger partial charge >= 0.3 is 0 Å². The lowest BCUT2D eigenvalue weighted by atomic mass is 10.1. The number of hydrogen-bond donors (Lipinski definition) is 2. The molecular formula is C15H21NO4. The number of fused-ring (bicyclic) bond motifs is 1. The summed E-state index contributed by atoms with van der Waals surface area (Å²) in [5.41, 5.74) is 0. The van der Waals surface area contributed by atoms with Gasteiger partial charge in [0.2, 0.25) is 6.10 Å². The summed E-state index contributed by atoms with van der Waals surface area (Å²) in [6, 6.07) is 7.27. The molecular weight excluding hydrogens is 258 g/mol. The largest absolute Gasteiger partial charge is 0.482 e. The SMILES string of the molecule is CCCC(O)CNC(=O)C1Oc2ccccc2OC1C. The molecule has 0 bridgehead atoms. The Labute approximate surface area is 118 Å². The third kappa shape index (κ3) is 3.42. The highest BCUT2D eigenvalue weighted by Crippen LogP contribution is 2.33. The summed E-state index contributed by atoms with van der Waals surface area (Å²) in [5, 5.41) is 12.3. The third-order valence-electron chi connectivity index (χ3n) is 3.23. The molecule has 5 nitrogen and oxygen atoms in total. The molecule has 1 amide bonds. The van der Waals surface area contributed by atoms with E-state index in [2.05, 4.69) is 5.32 Å². The number of aliphatic hydroxyl groups excluding tert-OH is 1. The van der Waals surface area contributed by atoms with Crippen molar-refractivity contribution >= 4 is 5.91 Å². The Kier molecular flexibility index (Phi) is 4.84. The van der Waals surface area contributed by atoms with Crippen LogP contribution >= 0.6 is 0 Å². The summed E-state index contributed by atoms with van der Waals surface area (Å²) in [4.78, 5) is 12.1. The van der Waals surface area contributed by atoms with Crippen molar-refractivity contribution in [2.45, 2.75) is 45.0 Å². The number of nitrogens with one attached hydrogen (secondary N) is 1. The quantitative estimate of drug-likeness (QED) is 0.857. The number of para-hydroxylation sites is 2. The van der Waals surface area contributed by atoms with Gasteiger partial charge in [0.25, 0.3) is 5.91 Å². The van der Waals surface area contributed by atoms with E-state index < -0.39 is 12.2 Å². The molecule has 1 heterocycles. The summed E-state index contributed by atoms with van der Waals surface area (Å²) < 4.78 is 11.4. The Morgan fingerprint density at radius 2 is 2.00 bits per heavy atom. The van der Waals surface area contributed by atoms with Gasteiger partial charge in [-0.2, -0.15) is 0 Å². The minimum atomic E-state index is -0.696. The van der Waals surface area contributed by atoms with E-state index in [1.807, 2.05) is 25.1 Å². The second-order valence-corrected chi connectivity index (χ2v) is 5.00. The van der Waals surface area contributed by atoms with Crippen LogP contribution in [0.15, 0.2) is 24.3 Å². The maximum atomic E-state index is 12.1. The van der Waals surface area contributed by atoms with E-state index in [4.69, 9.17) is 9.47 Å². The highest BCUT2D eigenvalue weighted by atomic mass is 16.6. The van der Waals surface area contributed by atoms with Crippen LogP contribution in [-0.2, 0) is 4.79 Å². The molecule has 0 saturated heterocycles. The second-order valence-electron chi connectivity index (χ2n) is 5.00. The molecule has 0 aromatic heterocycles. The molecule has 3 atom stereocenters. The first kappa shape index (κ1) is 14.7. The van der Waals surface area contributed by atoms with Crippen molar-refractivity contribution in [1.29, 1.82) is 0 Å². The molecule has 0 aliphatic carbocycles. The van der Waals surface area contributed by atoms with Crippen molar-refractivity contribution in [3.8, 4) is 11.5 Å². The fourth-order valence-electron chi connectivity index (χ4n) is 2.16. The molecule has 1 aliphatic rings. The predicted molar refractivity (Wildman–Crippen MR) is 74.9 cm³/mol. The lowest BCUT2D eigenvalue weighted by Crippen LogP contribution is -2.50. The maximum absolute atomic E-state index is 12.1. The monoisotopic (exact) mass is 279 g/mol. The van der Waals surface area contributed by atoms with Gasteiger partial charge in [-0.15, -0.1) is 0 Å². The van der Waals surface area contributed by atoms with Gasteiger partial charge in [-0.25, -0.2) is 0 Å². The van der Waals surface area contributed by atoms with Gasteiger partial charge in [0.05, 0.1) is 6.10 Å². The Morgan fingerprint density at radius 1 is 1.35 bits per heavy atom. The minimum Gasteiger partial charge on any atom is -0.482 e. The third-order valence-corrected chi connectivity index (χ3v) is 3.23. The average Bonchev–Trinajstić information content (AvgIpc) is 2.44. The fourth-order valence-corrected chi connectivity index (χ4v) is 2.16. The van der Waals surface area contributed by atoms with E-state index in [-0.39, 0.29) is 18.6 Å². The summed E-state index contributed by atoms with van der Waals surface area (Å²) in [5.74, 6) is 0.956. The molecule has 110 valence electrons. The first-order valence-corrected chi connectivity index (χ1v) is 7.00. The van der Waals surface area contributed by atoms with Crippen molar-refractivity contribution in [3.63, 3.8) is 0 Å². The Hall–Kier alpha value is -1.75. The van der Waals surface area contributed by atoms with Crippen LogP contribution in [-0.4, -0.2) is 35.9 Å². The molecule has 1 aromatic carbocycles. The zero-order chi connectivity index (χ0) is 14.5. The zero-order valence-electron chi connectivity index (χ0n) is 11.8. The standard InChI is InChI=1S/C15H21NO4/c1-3-6-11(17)9-16-15(18)14-10(2)19-12-7-4-5-8-13(12)20-14/h4-5,7-8,10-11,14,17H,3,6,9H2,1-2H3,(H,16,18). The van der Waals surface area contributed by atoms with Crippen LogP contribution in [0.3, 0.4) is 0 Å². The number of hydrogen-bond acceptors (Lipinski definition) is 4. The Bertz CT molecular complexity index is 463. The summed E-state index contributed by atoms with van der Waals surface area (Å²) in [7, 11) is 0. The van der Waals surface area contributed by atoms with E-state index >= 15 is 0 Å². The molecule has 0 radical (unpaired) electrons. The molecule has 1 aromatic rings. The number of rotatable bonds is 5. The molecule has 0 fully saturated rings. The zero-order valence-corrected chi connectivity index (χ0v) is 11.8. The maximum Gasteiger partial charge on any atom is 0.265 e. The van der Waals surface area contributed by atoms with Crippen LogP contribution in [0.2, 0.25) is 0 Å². The van der Waals surface area contributed by atoms with Crippen molar-refractivity contribution in [1.82, 2.24) is 5.32 Å². The van der Waals surface area contributed by atoms with E-state index in [0.717, 1.165) is 6.42 Å². The minimum absolute atomic E-state index is 0.237. The molecule has 20 heavy (non-hydrogen) atoms. The smallest absolute Gasteiger partial charge is 0.265 e. The second kappa shape index (κ2) is 6.61. The summed E-state index contributed by atoms with van der Waals surface area (Å²) >= 11 is 0. The molecule has 0 spiro atoms. The van der Waals surface area contributed by atoms with Crippen LogP contribution in [0.4, 0.5) is 0 Å². The average molecular weight is 279 g/mol. The lowest BCUT2D eigenvalue weighted by Gasteiger charge is -2.31. The molecule has 5 heteroatoms. The van der Waals surface area contributed by atoms with E-state index in [0.29, 0.717) is 17.9 Å². The first-order chi connectivity index (χ1) is 9.61. The number of benzene rings is 1. The number of amides is 1. The van der Waals surface area contributed by atoms with Gasteiger partial charge in [-0.1, -0.05) is 25.5 Å². The molecule has 2 N–H and O–H groups in total. The van der Waals surface area contributed by atoms with Crippen LogP contribution in [0.5, 0.6) is 11.5 Å². The number of carbonyl (C=O) groups is 1. The number of aliphatic hydroxyl groups is 1. The summed E-state index contributed by atoms with van der Waals surface area (Å²) in [6.45, 7) is 4.02. The normalized spacial score (nSPS) is 22.1. The van der Waals surface area contributed by atoms with Crippen LogP contribution in [0.25, 0.3) is 0 Å². The highest BCUT2D eigenvalue weighted by Gasteiger charge is 2.33. The van der Waals surface area contributed by atoms with E-state index in [9.17, 15) is 9.90 Å². The highest BCUT2D eigenvalue weighted by molar-refractivity contribution is 5.82. The van der Waals surface area contributed by atoms with Crippen molar-refractivity contribution in [2.75, 3.05) is 6.54 Å². The van der Waals surface area contributed by atoms with E-state index in [1.165, 1.54) is 0 Å². The molecule has 1 aliphatic heterocycles. The van der Waals surface area contributed by atoms with Crippen LogP contribution in [0.1, 0.15) is 26.7 Å². The van der Waals surface area contributed by atoms with Crippen LogP contribution in [0, 0.1) is 0 Å². The van der Waals surface area contributed by atoms with E-state index in [1.54, 1.807) is 13.0 Å². The van der Waals surface area contributed by atoms with Gasteiger partial charge in [-0.05, 0) is 25.5 Å². The van der Waals surface area contributed by atoms with Gasteiger partial charge in [0.1, 0.15) is 6.10 Å². The van der Waals surface area contributed by atoms with Gasteiger partial charge in [0, 0.05) is 6.54 Å². The Balaban J connectivity index is 1.94. The van der Waals surface area contributed by atoms with Gasteiger partial charge < -0.3 is 19.9 Å². The number of ether oxygens (including phenoxy) is 2. The summed E-state index contributed by atoms with van der Waals surface area (Å²) in [6.07, 6.45) is -0.0344. The fraction of sp³-hybridized carbons (Fsp3) is 0.533. The van der Waals surface area contributed by atoms with Gasteiger partial charge in [0.15, 0.2) is 11.5 Å². The van der Waals surface area contributed by atoms with Crippen molar-refractivity contribution in [3.05, 3.63) is 24.3 Å². The molecule has 3 unspecified atom stereocenters. The number of carbonyl (C=O) groups excluding carboxylic acids is 1. The lowest BCUT2D eigenvalue weighted by molar-refractivity contribution is -0.133. The predicted octanol–water partition coefficient (Wildman–Crippen LogP) is 1.49. The van der Waals surface area contributed by atoms with Gasteiger partial charge in [-0.3, -0.25) is 4.79 Å². The Morgan fingerprint density at radius 3 is 2.65 bits per heavy atom. The van der Waals surface area contributed by atoms with Crippen molar-refractivity contribution in [2.24, 2.45) is 0 Å².